The van der Waals surface area contributed by atoms with Crippen LogP contribution < -0.4 is 5.32 Å². The van der Waals surface area contributed by atoms with Gasteiger partial charge in [0.15, 0.2) is 0 Å². The van der Waals surface area contributed by atoms with Crippen LogP contribution in [-0.2, 0) is 0 Å². The fourth-order valence-electron chi connectivity index (χ4n) is 1.80. The van der Waals surface area contributed by atoms with Gasteiger partial charge in [-0.3, -0.25) is 4.79 Å². The zero-order chi connectivity index (χ0) is 14.7. The molecule has 0 aliphatic rings. The number of hydrogen-bond acceptors (Lipinski definition) is 2. The van der Waals surface area contributed by atoms with Gasteiger partial charge < -0.3 is 5.32 Å². The lowest BCUT2D eigenvalue weighted by molar-refractivity contribution is 0.0940. The van der Waals surface area contributed by atoms with Gasteiger partial charge in [0.2, 0.25) is 0 Å². The minimum Gasteiger partial charge on any atom is -0.345 e. The molecular weight excluding hydrogens is 358 g/mol. The maximum atomic E-state index is 12.2. The maximum absolute atomic E-state index is 12.2. The van der Waals surface area contributed by atoms with Crippen molar-refractivity contribution in [2.24, 2.45) is 0 Å². The first-order valence-electron chi connectivity index (χ1n) is 6.02. The minimum absolute atomic E-state index is 0.102. The largest absolute Gasteiger partial charge is 0.345 e. The zero-order valence-electron chi connectivity index (χ0n) is 10.7. The molecule has 0 saturated heterocycles. The SMILES string of the molecule is CC(NC(=O)c1cc(S)ccc1Cl)c1ccc(Br)cc1. The van der Waals surface area contributed by atoms with E-state index in [0.29, 0.717) is 15.5 Å². The van der Waals surface area contributed by atoms with Crippen LogP contribution in [0.15, 0.2) is 51.8 Å². The number of nitrogens with one attached hydrogen (secondary N) is 1. The summed E-state index contributed by atoms with van der Waals surface area (Å²) in [6, 6.07) is 12.8. The van der Waals surface area contributed by atoms with Crippen molar-refractivity contribution in [1.29, 1.82) is 0 Å². The van der Waals surface area contributed by atoms with Gasteiger partial charge in [0, 0.05) is 9.37 Å². The summed E-state index contributed by atoms with van der Waals surface area (Å²) >= 11 is 13.7. The fourth-order valence-corrected chi connectivity index (χ4v) is 2.47. The predicted molar refractivity (Wildman–Crippen MR) is 88.7 cm³/mol. The molecule has 2 nitrogen and oxygen atoms in total. The summed E-state index contributed by atoms with van der Waals surface area (Å²) < 4.78 is 1.01. The van der Waals surface area contributed by atoms with Crippen molar-refractivity contribution in [1.82, 2.24) is 5.32 Å². The summed E-state index contributed by atoms with van der Waals surface area (Å²) in [7, 11) is 0. The number of carbonyl (C=O) groups excluding carboxylic acids is 1. The first-order chi connectivity index (χ1) is 9.47. The highest BCUT2D eigenvalue weighted by Crippen LogP contribution is 2.21. The Bertz CT molecular complexity index is 630. The van der Waals surface area contributed by atoms with Crippen molar-refractivity contribution < 1.29 is 4.79 Å². The van der Waals surface area contributed by atoms with E-state index < -0.39 is 0 Å². The van der Waals surface area contributed by atoms with E-state index in [1.165, 1.54) is 0 Å². The third kappa shape index (κ3) is 3.78. The van der Waals surface area contributed by atoms with Crippen molar-refractivity contribution in [3.05, 3.63) is 63.1 Å². The van der Waals surface area contributed by atoms with Gasteiger partial charge in [0.05, 0.1) is 16.6 Å². The monoisotopic (exact) mass is 369 g/mol. The molecule has 1 N–H and O–H groups in total. The van der Waals surface area contributed by atoms with Crippen LogP contribution in [0.25, 0.3) is 0 Å². The predicted octanol–water partition coefficient (Wildman–Crippen LogP) is 4.88. The lowest BCUT2D eigenvalue weighted by atomic mass is 10.1. The average Bonchev–Trinajstić information content (AvgIpc) is 2.42. The second kappa shape index (κ2) is 6.66. The van der Waals surface area contributed by atoms with Gasteiger partial charge in [-0.2, -0.15) is 0 Å². The van der Waals surface area contributed by atoms with Crippen LogP contribution in [0.4, 0.5) is 0 Å². The van der Waals surface area contributed by atoms with Crippen molar-refractivity contribution in [3.63, 3.8) is 0 Å². The number of thiol groups is 1. The van der Waals surface area contributed by atoms with E-state index in [4.69, 9.17) is 11.6 Å². The Morgan fingerprint density at radius 3 is 2.55 bits per heavy atom. The molecule has 0 spiro atoms. The highest BCUT2D eigenvalue weighted by Gasteiger charge is 2.14. The number of hydrogen-bond donors (Lipinski definition) is 2. The molecule has 2 aromatic carbocycles. The molecule has 104 valence electrons. The second-order valence-electron chi connectivity index (χ2n) is 4.41. The Morgan fingerprint density at radius 1 is 1.25 bits per heavy atom. The van der Waals surface area contributed by atoms with Crippen molar-refractivity contribution in [3.8, 4) is 0 Å². The molecule has 0 aliphatic heterocycles. The molecule has 2 aromatic rings. The van der Waals surface area contributed by atoms with Crippen LogP contribution in [0.3, 0.4) is 0 Å². The summed E-state index contributed by atoms with van der Waals surface area (Å²) in [5.74, 6) is -0.207. The van der Waals surface area contributed by atoms with Crippen molar-refractivity contribution in [2.75, 3.05) is 0 Å². The van der Waals surface area contributed by atoms with Crippen LogP contribution in [0.1, 0.15) is 28.9 Å². The molecule has 5 heteroatoms. The smallest absolute Gasteiger partial charge is 0.253 e. The van der Waals surface area contributed by atoms with Gasteiger partial charge in [-0.25, -0.2) is 0 Å². The van der Waals surface area contributed by atoms with Crippen LogP contribution in [0, 0.1) is 0 Å². The lowest BCUT2D eigenvalue weighted by Gasteiger charge is -2.15. The topological polar surface area (TPSA) is 29.1 Å². The molecule has 0 fully saturated rings. The second-order valence-corrected chi connectivity index (χ2v) is 6.25. The summed E-state index contributed by atoms with van der Waals surface area (Å²) in [6.45, 7) is 1.93. The molecule has 1 amide bonds. The van der Waals surface area contributed by atoms with E-state index >= 15 is 0 Å². The van der Waals surface area contributed by atoms with Crippen LogP contribution in [0.2, 0.25) is 5.02 Å². The molecule has 0 aromatic heterocycles. The summed E-state index contributed by atoms with van der Waals surface area (Å²) in [5, 5.41) is 3.35. The number of benzene rings is 2. The Morgan fingerprint density at radius 2 is 1.90 bits per heavy atom. The van der Waals surface area contributed by atoms with Gasteiger partial charge in [0.25, 0.3) is 5.91 Å². The maximum Gasteiger partial charge on any atom is 0.253 e. The highest BCUT2D eigenvalue weighted by molar-refractivity contribution is 9.10. The molecule has 0 aliphatic carbocycles. The molecule has 0 radical (unpaired) electrons. The Balaban J connectivity index is 2.15. The number of carbonyl (C=O) groups is 1. The summed E-state index contributed by atoms with van der Waals surface area (Å²) in [4.78, 5) is 12.9. The lowest BCUT2D eigenvalue weighted by Crippen LogP contribution is -2.26. The van der Waals surface area contributed by atoms with Gasteiger partial charge in [-0.1, -0.05) is 39.7 Å². The van der Waals surface area contributed by atoms with E-state index in [1.807, 2.05) is 31.2 Å². The van der Waals surface area contributed by atoms with Gasteiger partial charge in [-0.05, 0) is 42.8 Å². The first kappa shape index (κ1) is 15.4. The zero-order valence-corrected chi connectivity index (χ0v) is 14.0. The number of rotatable bonds is 3. The van der Waals surface area contributed by atoms with E-state index in [1.54, 1.807) is 18.2 Å². The van der Waals surface area contributed by atoms with Crippen molar-refractivity contribution in [2.45, 2.75) is 17.9 Å². The van der Waals surface area contributed by atoms with Crippen molar-refractivity contribution >= 4 is 46.1 Å². The third-order valence-electron chi connectivity index (χ3n) is 2.91. The van der Waals surface area contributed by atoms with Gasteiger partial charge >= 0.3 is 0 Å². The first-order valence-corrected chi connectivity index (χ1v) is 7.64. The summed E-state index contributed by atoms with van der Waals surface area (Å²) in [6.07, 6.45) is 0. The van der Waals surface area contributed by atoms with Crippen LogP contribution in [-0.4, -0.2) is 5.91 Å². The third-order valence-corrected chi connectivity index (χ3v) is 4.05. The molecule has 20 heavy (non-hydrogen) atoms. The Labute approximate surface area is 137 Å². The van der Waals surface area contributed by atoms with E-state index in [9.17, 15) is 4.79 Å². The molecule has 0 heterocycles. The minimum atomic E-state index is -0.207. The van der Waals surface area contributed by atoms with E-state index in [-0.39, 0.29) is 11.9 Å². The molecule has 1 unspecified atom stereocenters. The van der Waals surface area contributed by atoms with E-state index in [2.05, 4.69) is 33.9 Å². The molecule has 2 rings (SSSR count). The van der Waals surface area contributed by atoms with Gasteiger partial charge in [-0.15, -0.1) is 12.6 Å². The summed E-state index contributed by atoms with van der Waals surface area (Å²) in [5.41, 5.74) is 1.46. The van der Waals surface area contributed by atoms with Gasteiger partial charge in [0.1, 0.15) is 0 Å². The quantitative estimate of drug-likeness (QED) is 0.741. The molecular formula is C15H13BrClNOS. The highest BCUT2D eigenvalue weighted by atomic mass is 79.9. The van der Waals surface area contributed by atoms with E-state index in [0.717, 1.165) is 10.0 Å². The molecule has 1 atom stereocenters. The Hall–Kier alpha value is -0.970. The van der Waals surface area contributed by atoms with Crippen LogP contribution in [0.5, 0.6) is 0 Å². The normalized spacial score (nSPS) is 12.0. The average molecular weight is 371 g/mol. The standard InChI is InChI=1S/C15H13BrClNOS/c1-9(10-2-4-11(16)5-3-10)18-15(19)13-8-12(20)6-7-14(13)17/h2-9,20H,1H3,(H,18,19). The number of halogens is 2. The number of amides is 1. The fraction of sp³-hybridized carbons (Fsp3) is 0.133. The van der Waals surface area contributed by atoms with Crippen LogP contribution >= 0.6 is 40.2 Å². The Kier molecular flexibility index (Phi) is 5.13. The molecule has 0 saturated carbocycles. The molecule has 0 bridgehead atoms.